The highest BCUT2D eigenvalue weighted by molar-refractivity contribution is 6.99. The molecule has 1 amide bonds. The maximum absolute atomic E-state index is 12.0. The fraction of sp³-hybridized carbons (Fsp3) is 0.321. The Bertz CT molecular complexity index is 967. The van der Waals surface area contributed by atoms with E-state index in [2.05, 4.69) is 74.6 Å². The zero-order valence-electron chi connectivity index (χ0n) is 20.2. The fourth-order valence-corrected chi connectivity index (χ4v) is 8.77. The van der Waals surface area contributed by atoms with Crippen LogP contribution in [0.4, 0.5) is 4.79 Å². The van der Waals surface area contributed by atoms with Crippen molar-refractivity contribution in [3.63, 3.8) is 0 Å². The van der Waals surface area contributed by atoms with Crippen molar-refractivity contribution in [3.05, 3.63) is 96.6 Å². The molecule has 3 aromatic carbocycles. The minimum absolute atomic E-state index is 0.109. The van der Waals surface area contributed by atoms with Crippen molar-refractivity contribution < 1.29 is 19.1 Å². The van der Waals surface area contributed by atoms with Crippen LogP contribution in [0.3, 0.4) is 0 Å². The molecule has 5 nitrogen and oxygen atoms in total. The maximum atomic E-state index is 12.0. The first-order chi connectivity index (χ1) is 16.3. The predicted molar refractivity (Wildman–Crippen MR) is 139 cm³/mol. The van der Waals surface area contributed by atoms with Crippen LogP contribution in [-0.2, 0) is 15.8 Å². The normalized spacial score (nSPS) is 12.7. The molecule has 0 radical (unpaired) electrons. The number of aliphatic hydroxyl groups is 1. The maximum Gasteiger partial charge on any atom is 0.407 e. The minimum Gasteiger partial charge on any atom is -0.445 e. The van der Waals surface area contributed by atoms with Gasteiger partial charge in [0.05, 0.1) is 6.10 Å². The fourth-order valence-electron chi connectivity index (χ4n) is 4.19. The number of carbonyl (C=O) groups is 1. The molecule has 0 aliphatic heterocycles. The van der Waals surface area contributed by atoms with Gasteiger partial charge >= 0.3 is 6.09 Å². The molecule has 0 aliphatic rings. The van der Waals surface area contributed by atoms with E-state index in [0.717, 1.165) is 5.56 Å². The van der Waals surface area contributed by atoms with Gasteiger partial charge in [-0.1, -0.05) is 112 Å². The van der Waals surface area contributed by atoms with Crippen LogP contribution >= 0.6 is 0 Å². The largest absolute Gasteiger partial charge is 0.445 e. The van der Waals surface area contributed by atoms with E-state index in [-0.39, 0.29) is 18.2 Å². The van der Waals surface area contributed by atoms with Gasteiger partial charge in [-0.2, -0.15) is 0 Å². The summed E-state index contributed by atoms with van der Waals surface area (Å²) >= 11 is 0. The predicted octanol–water partition coefficient (Wildman–Crippen LogP) is 4.24. The molecule has 2 N–H and O–H groups in total. The Kier molecular flexibility index (Phi) is 9.04. The van der Waals surface area contributed by atoms with Gasteiger partial charge in [0.1, 0.15) is 6.61 Å². The van der Waals surface area contributed by atoms with E-state index in [9.17, 15) is 9.90 Å². The summed E-state index contributed by atoms with van der Waals surface area (Å²) in [7, 11) is -2.63. The molecule has 0 bridgehead atoms. The zero-order valence-corrected chi connectivity index (χ0v) is 21.2. The molecule has 3 rings (SSSR count). The van der Waals surface area contributed by atoms with Crippen molar-refractivity contribution >= 4 is 24.8 Å². The molecular weight excluding hydrogens is 442 g/mol. The monoisotopic (exact) mass is 477 g/mol. The van der Waals surface area contributed by atoms with Gasteiger partial charge in [0, 0.05) is 13.2 Å². The second-order valence-electron chi connectivity index (χ2n) is 9.40. The molecule has 1 unspecified atom stereocenters. The lowest BCUT2D eigenvalue weighted by atomic mass is 10.2. The first kappa shape index (κ1) is 25.7. The van der Waals surface area contributed by atoms with Crippen LogP contribution in [0, 0.1) is 0 Å². The average molecular weight is 478 g/mol. The van der Waals surface area contributed by atoms with Crippen molar-refractivity contribution in [2.75, 3.05) is 13.2 Å². The van der Waals surface area contributed by atoms with Crippen molar-refractivity contribution in [1.82, 2.24) is 5.32 Å². The molecule has 3 aromatic rings. The lowest BCUT2D eigenvalue weighted by Gasteiger charge is -2.43. The first-order valence-corrected chi connectivity index (χ1v) is 13.6. The lowest BCUT2D eigenvalue weighted by molar-refractivity contribution is 0.114. The summed E-state index contributed by atoms with van der Waals surface area (Å²) in [5.41, 5.74) is 0.914. The summed E-state index contributed by atoms with van der Waals surface area (Å²) in [4.78, 5) is 12.0. The average Bonchev–Trinajstić information content (AvgIpc) is 2.85. The third-order valence-corrected chi connectivity index (χ3v) is 10.9. The molecule has 34 heavy (non-hydrogen) atoms. The Labute approximate surface area is 203 Å². The third kappa shape index (κ3) is 6.56. The molecule has 0 spiro atoms. The Hall–Kier alpha value is -2.93. The van der Waals surface area contributed by atoms with E-state index in [0.29, 0.717) is 13.0 Å². The Morgan fingerprint density at radius 2 is 1.38 bits per heavy atom. The number of carbonyl (C=O) groups excluding carboxylic acids is 1. The molecule has 0 aromatic heterocycles. The second-order valence-corrected chi connectivity index (χ2v) is 13.7. The van der Waals surface area contributed by atoms with Crippen LogP contribution in [0.25, 0.3) is 0 Å². The first-order valence-electron chi connectivity index (χ1n) is 11.7. The highest BCUT2D eigenvalue weighted by Gasteiger charge is 2.50. The number of rotatable bonds is 10. The van der Waals surface area contributed by atoms with Gasteiger partial charge in [0.15, 0.2) is 0 Å². The van der Waals surface area contributed by atoms with Crippen molar-refractivity contribution in [2.45, 2.75) is 44.9 Å². The van der Waals surface area contributed by atoms with E-state index < -0.39 is 20.5 Å². The molecule has 0 saturated carbocycles. The summed E-state index contributed by atoms with van der Waals surface area (Å²) in [6.07, 6.45) is -0.873. The Balaban J connectivity index is 1.60. The van der Waals surface area contributed by atoms with Crippen molar-refractivity contribution in [1.29, 1.82) is 0 Å². The van der Waals surface area contributed by atoms with Crippen molar-refractivity contribution in [2.24, 2.45) is 0 Å². The van der Waals surface area contributed by atoms with Crippen LogP contribution in [0.1, 0.15) is 32.8 Å². The van der Waals surface area contributed by atoms with Gasteiger partial charge in [-0.15, -0.1) is 0 Å². The molecule has 180 valence electrons. The molecular formula is C28H35NO4Si. The smallest absolute Gasteiger partial charge is 0.407 e. The lowest BCUT2D eigenvalue weighted by Crippen LogP contribution is -2.66. The van der Waals surface area contributed by atoms with Gasteiger partial charge in [-0.25, -0.2) is 4.79 Å². The van der Waals surface area contributed by atoms with Crippen LogP contribution in [0.15, 0.2) is 91.0 Å². The van der Waals surface area contributed by atoms with Gasteiger partial charge < -0.3 is 19.6 Å². The van der Waals surface area contributed by atoms with Gasteiger partial charge in [0.2, 0.25) is 0 Å². The molecule has 1 atom stereocenters. The second kappa shape index (κ2) is 12.0. The molecule has 0 aliphatic carbocycles. The van der Waals surface area contributed by atoms with Gasteiger partial charge in [-0.05, 0) is 27.4 Å². The third-order valence-electron chi connectivity index (χ3n) is 5.88. The van der Waals surface area contributed by atoms with Gasteiger partial charge in [0.25, 0.3) is 8.32 Å². The SMILES string of the molecule is CC(C)(C)[Si](OCCC(O)CNC(=O)OCc1ccccc1)(c1ccccc1)c1ccccc1. The number of hydrogen-bond acceptors (Lipinski definition) is 4. The molecule has 6 heteroatoms. The summed E-state index contributed by atoms with van der Waals surface area (Å²) in [6, 6.07) is 30.3. The topological polar surface area (TPSA) is 67.8 Å². The number of ether oxygens (including phenoxy) is 1. The molecule has 0 fully saturated rings. The summed E-state index contributed by atoms with van der Waals surface area (Å²) < 4.78 is 12.0. The van der Waals surface area contributed by atoms with Crippen molar-refractivity contribution in [3.8, 4) is 0 Å². The van der Waals surface area contributed by atoms with E-state index in [1.165, 1.54) is 10.4 Å². The number of benzene rings is 3. The highest BCUT2D eigenvalue weighted by Crippen LogP contribution is 2.36. The zero-order chi connectivity index (χ0) is 24.4. The number of hydrogen-bond donors (Lipinski definition) is 2. The Morgan fingerprint density at radius 3 is 1.88 bits per heavy atom. The molecule has 0 heterocycles. The summed E-state index contributed by atoms with van der Waals surface area (Å²) in [5.74, 6) is 0. The minimum atomic E-state index is -2.63. The van der Waals surface area contributed by atoms with E-state index in [4.69, 9.17) is 9.16 Å². The number of alkyl carbamates (subject to hydrolysis) is 1. The standard InChI is InChI=1S/C28H35NO4Si/c1-28(2,3)34(25-15-9-5-10-16-25,26-17-11-6-12-18-26)33-20-19-24(30)21-29-27(31)32-22-23-13-7-4-8-14-23/h4-18,24,30H,19-22H2,1-3H3,(H,29,31). The highest BCUT2D eigenvalue weighted by atomic mass is 28.4. The van der Waals surface area contributed by atoms with E-state index in [1.54, 1.807) is 0 Å². The number of nitrogens with one attached hydrogen (secondary N) is 1. The number of amides is 1. The quantitative estimate of drug-likeness (QED) is 0.429. The summed E-state index contributed by atoms with van der Waals surface area (Å²) in [6.45, 7) is 7.35. The van der Waals surface area contributed by atoms with Crippen LogP contribution in [0.2, 0.25) is 5.04 Å². The number of aliphatic hydroxyl groups excluding tert-OH is 1. The summed E-state index contributed by atoms with van der Waals surface area (Å²) in [5, 5.41) is 15.4. The van der Waals surface area contributed by atoms with Gasteiger partial charge in [-0.3, -0.25) is 0 Å². The Morgan fingerprint density at radius 1 is 0.882 bits per heavy atom. The van der Waals surface area contributed by atoms with E-state index in [1.807, 2.05) is 42.5 Å². The molecule has 0 saturated heterocycles. The van der Waals surface area contributed by atoms with Crippen LogP contribution in [0.5, 0.6) is 0 Å². The van der Waals surface area contributed by atoms with Crippen LogP contribution < -0.4 is 15.7 Å². The van der Waals surface area contributed by atoms with E-state index >= 15 is 0 Å². The van der Waals surface area contributed by atoms with Crippen LogP contribution in [-0.4, -0.2) is 38.8 Å².